The van der Waals surface area contributed by atoms with Crippen LogP contribution in [-0.4, -0.2) is 48.3 Å². The Balaban J connectivity index is 1.74. The first-order valence-corrected chi connectivity index (χ1v) is 9.30. The minimum atomic E-state index is -0.316. The third-order valence-electron chi connectivity index (χ3n) is 4.88. The van der Waals surface area contributed by atoms with Crippen molar-refractivity contribution in [2.75, 3.05) is 27.7 Å². The predicted octanol–water partition coefficient (Wildman–Crippen LogP) is 3.36. The van der Waals surface area contributed by atoms with Gasteiger partial charge in [0.25, 0.3) is 5.91 Å². The zero-order valence-electron chi connectivity index (χ0n) is 17.0. The molecule has 0 aliphatic rings. The van der Waals surface area contributed by atoms with Crippen molar-refractivity contribution >= 4 is 5.91 Å². The van der Waals surface area contributed by atoms with E-state index in [4.69, 9.17) is 4.74 Å². The normalized spacial score (nSPS) is 12.1. The summed E-state index contributed by atoms with van der Waals surface area (Å²) in [4.78, 5) is 14.8. The fraction of sp³-hybridized carbons (Fsp3) is 0.273. The quantitative estimate of drug-likeness (QED) is 0.665. The summed E-state index contributed by atoms with van der Waals surface area (Å²) >= 11 is 0. The van der Waals surface area contributed by atoms with Crippen LogP contribution in [-0.2, 0) is 0 Å². The van der Waals surface area contributed by atoms with Crippen molar-refractivity contribution in [2.45, 2.75) is 13.0 Å². The number of hydrogen-bond acceptors (Lipinski definition) is 4. The van der Waals surface area contributed by atoms with Crippen LogP contribution in [0.4, 0.5) is 4.39 Å². The molecule has 3 aromatic rings. The highest BCUT2D eigenvalue weighted by Crippen LogP contribution is 2.22. The zero-order valence-corrected chi connectivity index (χ0v) is 17.0. The van der Waals surface area contributed by atoms with Gasteiger partial charge in [-0.25, -0.2) is 9.07 Å². The van der Waals surface area contributed by atoms with Gasteiger partial charge in [0.15, 0.2) is 0 Å². The van der Waals surface area contributed by atoms with Gasteiger partial charge in [0.1, 0.15) is 11.6 Å². The fourth-order valence-corrected chi connectivity index (χ4v) is 3.21. The molecule has 0 fully saturated rings. The van der Waals surface area contributed by atoms with Crippen LogP contribution in [0.2, 0.25) is 0 Å². The molecule has 2 aromatic carbocycles. The van der Waals surface area contributed by atoms with E-state index in [-0.39, 0.29) is 17.8 Å². The SMILES string of the molecule is COc1cccc(C(CNC(=O)c2cnn(-c3ccc(F)cc3)c2C)N(C)C)c1. The van der Waals surface area contributed by atoms with E-state index < -0.39 is 0 Å². The lowest BCUT2D eigenvalue weighted by Gasteiger charge is -2.25. The molecule has 7 heteroatoms. The standard InChI is InChI=1S/C22H25FN4O2/c1-15-20(13-25-27(15)18-10-8-17(23)9-11-18)22(28)24-14-21(26(2)3)16-6-5-7-19(12-16)29-4/h5-13,21H,14H2,1-4H3,(H,24,28). The molecule has 1 heterocycles. The molecular weight excluding hydrogens is 371 g/mol. The number of carbonyl (C=O) groups is 1. The van der Waals surface area contributed by atoms with Crippen molar-refractivity contribution in [2.24, 2.45) is 0 Å². The number of hydrogen-bond donors (Lipinski definition) is 1. The molecule has 29 heavy (non-hydrogen) atoms. The molecule has 0 aliphatic heterocycles. The monoisotopic (exact) mass is 396 g/mol. The van der Waals surface area contributed by atoms with E-state index in [2.05, 4.69) is 10.4 Å². The molecule has 1 amide bonds. The lowest BCUT2D eigenvalue weighted by molar-refractivity contribution is 0.0941. The van der Waals surface area contributed by atoms with Gasteiger partial charge in [0.05, 0.1) is 36.3 Å². The topological polar surface area (TPSA) is 59.4 Å². The maximum absolute atomic E-state index is 13.2. The van der Waals surface area contributed by atoms with E-state index in [0.717, 1.165) is 11.3 Å². The van der Waals surface area contributed by atoms with Gasteiger partial charge in [-0.1, -0.05) is 12.1 Å². The van der Waals surface area contributed by atoms with Gasteiger partial charge in [-0.15, -0.1) is 0 Å². The number of rotatable bonds is 7. The first kappa shape index (κ1) is 20.5. The number of methoxy groups -OCH3 is 1. The average Bonchev–Trinajstić information content (AvgIpc) is 3.10. The molecule has 0 radical (unpaired) electrons. The molecule has 1 atom stereocenters. The van der Waals surface area contributed by atoms with E-state index in [1.165, 1.54) is 18.3 Å². The van der Waals surface area contributed by atoms with Gasteiger partial charge < -0.3 is 15.0 Å². The highest BCUT2D eigenvalue weighted by Gasteiger charge is 2.19. The van der Waals surface area contributed by atoms with Crippen LogP contribution in [0.25, 0.3) is 5.69 Å². The molecule has 0 bridgehead atoms. The van der Waals surface area contributed by atoms with Crippen molar-refractivity contribution in [3.63, 3.8) is 0 Å². The number of amides is 1. The molecule has 1 N–H and O–H groups in total. The van der Waals surface area contributed by atoms with Crippen LogP contribution in [0.15, 0.2) is 54.7 Å². The van der Waals surface area contributed by atoms with Crippen LogP contribution in [0.1, 0.15) is 27.7 Å². The number of nitrogens with zero attached hydrogens (tertiary/aromatic N) is 3. The van der Waals surface area contributed by atoms with E-state index in [9.17, 15) is 9.18 Å². The molecule has 6 nitrogen and oxygen atoms in total. The second kappa shape index (κ2) is 8.87. The van der Waals surface area contributed by atoms with Crippen LogP contribution >= 0.6 is 0 Å². The Morgan fingerprint density at radius 1 is 1.24 bits per heavy atom. The molecule has 1 unspecified atom stereocenters. The molecular formula is C22H25FN4O2. The zero-order chi connectivity index (χ0) is 21.0. The van der Waals surface area contributed by atoms with Crippen molar-refractivity contribution in [1.82, 2.24) is 20.0 Å². The summed E-state index contributed by atoms with van der Waals surface area (Å²) in [5, 5.41) is 7.28. The number of likely N-dealkylation sites (N-methyl/N-ethyl adjacent to an activating group) is 1. The van der Waals surface area contributed by atoms with Gasteiger partial charge in [-0.3, -0.25) is 4.79 Å². The maximum Gasteiger partial charge on any atom is 0.254 e. The number of halogens is 1. The van der Waals surface area contributed by atoms with Crippen LogP contribution < -0.4 is 10.1 Å². The Bertz CT molecular complexity index is 983. The lowest BCUT2D eigenvalue weighted by Crippen LogP contribution is -2.34. The molecule has 1 aromatic heterocycles. The lowest BCUT2D eigenvalue weighted by atomic mass is 10.1. The Morgan fingerprint density at radius 3 is 2.62 bits per heavy atom. The summed E-state index contributed by atoms with van der Waals surface area (Å²) < 4.78 is 20.1. The summed E-state index contributed by atoms with van der Waals surface area (Å²) in [6, 6.07) is 13.8. The van der Waals surface area contributed by atoms with Crippen molar-refractivity contribution < 1.29 is 13.9 Å². The molecule has 3 rings (SSSR count). The second-order valence-corrected chi connectivity index (χ2v) is 7.00. The minimum absolute atomic E-state index is 0.0125. The van der Waals surface area contributed by atoms with E-state index in [0.29, 0.717) is 23.5 Å². The number of ether oxygens (including phenoxy) is 1. The molecule has 0 aliphatic carbocycles. The second-order valence-electron chi connectivity index (χ2n) is 7.00. The highest BCUT2D eigenvalue weighted by atomic mass is 19.1. The Kier molecular flexibility index (Phi) is 6.29. The third kappa shape index (κ3) is 4.63. The summed E-state index contributed by atoms with van der Waals surface area (Å²) in [6.45, 7) is 2.25. The average molecular weight is 396 g/mol. The van der Waals surface area contributed by atoms with Crippen molar-refractivity contribution in [1.29, 1.82) is 0 Å². The number of aromatic nitrogens is 2. The number of carbonyl (C=O) groups excluding carboxylic acids is 1. The van der Waals surface area contributed by atoms with Gasteiger partial charge in [-0.05, 0) is 63.0 Å². The summed E-state index contributed by atoms with van der Waals surface area (Å²) in [5.41, 5.74) is 2.92. The molecule has 0 spiro atoms. The van der Waals surface area contributed by atoms with Gasteiger partial charge >= 0.3 is 0 Å². The molecule has 0 saturated heterocycles. The first-order chi connectivity index (χ1) is 13.9. The van der Waals surface area contributed by atoms with E-state index in [1.54, 1.807) is 23.9 Å². The number of nitrogens with one attached hydrogen (secondary N) is 1. The largest absolute Gasteiger partial charge is 0.497 e. The van der Waals surface area contributed by atoms with Gasteiger partial charge in [0, 0.05) is 6.54 Å². The van der Waals surface area contributed by atoms with E-state index in [1.807, 2.05) is 50.2 Å². The van der Waals surface area contributed by atoms with Gasteiger partial charge in [-0.2, -0.15) is 5.10 Å². The third-order valence-corrected chi connectivity index (χ3v) is 4.88. The predicted molar refractivity (Wildman–Crippen MR) is 110 cm³/mol. The minimum Gasteiger partial charge on any atom is -0.497 e. The maximum atomic E-state index is 13.2. The van der Waals surface area contributed by atoms with Crippen molar-refractivity contribution in [3.8, 4) is 11.4 Å². The van der Waals surface area contributed by atoms with E-state index >= 15 is 0 Å². The Morgan fingerprint density at radius 2 is 1.97 bits per heavy atom. The van der Waals surface area contributed by atoms with Gasteiger partial charge in [0.2, 0.25) is 0 Å². The van der Waals surface area contributed by atoms with Crippen LogP contribution in [0, 0.1) is 12.7 Å². The van der Waals surface area contributed by atoms with Crippen LogP contribution in [0.5, 0.6) is 5.75 Å². The molecule has 152 valence electrons. The molecule has 0 saturated carbocycles. The summed E-state index contributed by atoms with van der Waals surface area (Å²) in [5.74, 6) is 0.256. The Hall–Kier alpha value is -3.19. The smallest absolute Gasteiger partial charge is 0.254 e. The number of benzene rings is 2. The van der Waals surface area contributed by atoms with Crippen molar-refractivity contribution in [3.05, 3.63) is 77.4 Å². The summed E-state index contributed by atoms with van der Waals surface area (Å²) in [7, 11) is 5.56. The highest BCUT2D eigenvalue weighted by molar-refractivity contribution is 5.95. The summed E-state index contributed by atoms with van der Waals surface area (Å²) in [6.07, 6.45) is 1.53. The van der Waals surface area contributed by atoms with Crippen LogP contribution in [0.3, 0.4) is 0 Å². The Labute approximate surface area is 169 Å². The fourth-order valence-electron chi connectivity index (χ4n) is 3.21. The first-order valence-electron chi connectivity index (χ1n) is 9.30.